The van der Waals surface area contributed by atoms with Gasteiger partial charge in [-0.2, -0.15) is 0 Å². The first kappa shape index (κ1) is 17.0. The topological polar surface area (TPSA) is 84.4 Å². The maximum absolute atomic E-state index is 12.5. The van der Waals surface area contributed by atoms with Crippen LogP contribution in [-0.2, 0) is 4.74 Å². The van der Waals surface area contributed by atoms with Crippen molar-refractivity contribution in [2.24, 2.45) is 0 Å². The van der Waals surface area contributed by atoms with Crippen molar-refractivity contribution < 1.29 is 14.3 Å². The van der Waals surface area contributed by atoms with Gasteiger partial charge in [0.2, 0.25) is 5.95 Å². The predicted octanol–water partition coefficient (Wildman–Crippen LogP) is 2.08. The molecule has 0 spiro atoms. The molecule has 1 amide bonds. The molecule has 1 saturated heterocycles. The zero-order chi connectivity index (χ0) is 17.8. The van der Waals surface area contributed by atoms with E-state index in [1.165, 1.54) is 13.1 Å². The second-order valence-electron chi connectivity index (χ2n) is 5.86. The zero-order valence-corrected chi connectivity index (χ0v) is 14.3. The number of ketones is 1. The number of benzene rings is 1. The third-order valence-corrected chi connectivity index (χ3v) is 4.03. The van der Waals surface area contributed by atoms with Gasteiger partial charge in [-0.1, -0.05) is 12.1 Å². The number of hydrogen-bond donors (Lipinski definition) is 1. The van der Waals surface area contributed by atoms with Gasteiger partial charge in [0.05, 0.1) is 24.5 Å². The number of nitrogens with zero attached hydrogens (tertiary/aromatic N) is 3. The molecule has 2 aromatic rings. The van der Waals surface area contributed by atoms with Crippen LogP contribution in [0.2, 0.25) is 0 Å². The van der Waals surface area contributed by atoms with Crippen LogP contribution in [0, 0.1) is 6.92 Å². The number of rotatable bonds is 4. The fourth-order valence-corrected chi connectivity index (χ4v) is 2.61. The highest BCUT2D eigenvalue weighted by Crippen LogP contribution is 2.16. The zero-order valence-electron chi connectivity index (χ0n) is 14.3. The number of morpholine rings is 1. The average Bonchev–Trinajstić information content (AvgIpc) is 2.62. The van der Waals surface area contributed by atoms with E-state index < -0.39 is 0 Å². The molecule has 1 N–H and O–H groups in total. The van der Waals surface area contributed by atoms with Crippen molar-refractivity contribution in [1.82, 2.24) is 9.97 Å². The first-order valence-corrected chi connectivity index (χ1v) is 8.13. The summed E-state index contributed by atoms with van der Waals surface area (Å²) in [5, 5.41) is 2.79. The summed E-state index contributed by atoms with van der Waals surface area (Å²) >= 11 is 0. The van der Waals surface area contributed by atoms with Crippen molar-refractivity contribution in [1.29, 1.82) is 0 Å². The number of hydrogen-bond acceptors (Lipinski definition) is 6. The molecule has 1 aliphatic rings. The Bertz CT molecular complexity index is 801. The van der Waals surface area contributed by atoms with Gasteiger partial charge < -0.3 is 15.0 Å². The molecule has 1 aromatic carbocycles. The number of Topliss-reactive ketones (excluding diaryl/α,β-unsaturated/α-hetero) is 1. The minimum atomic E-state index is -0.299. The lowest BCUT2D eigenvalue weighted by molar-refractivity contribution is 0.101. The minimum absolute atomic E-state index is 0.0505. The number of nitrogens with one attached hydrogen (secondary N) is 1. The Labute approximate surface area is 146 Å². The number of ether oxygens (including phenoxy) is 1. The average molecular weight is 340 g/mol. The molecule has 0 atom stereocenters. The van der Waals surface area contributed by atoms with E-state index in [9.17, 15) is 9.59 Å². The van der Waals surface area contributed by atoms with Crippen LogP contribution < -0.4 is 10.2 Å². The predicted molar refractivity (Wildman–Crippen MR) is 94.2 cm³/mol. The van der Waals surface area contributed by atoms with Crippen LogP contribution in [0.5, 0.6) is 0 Å². The molecule has 2 heterocycles. The van der Waals surface area contributed by atoms with E-state index in [2.05, 4.69) is 15.3 Å². The van der Waals surface area contributed by atoms with Crippen molar-refractivity contribution in [3.05, 3.63) is 47.3 Å². The van der Waals surface area contributed by atoms with Gasteiger partial charge >= 0.3 is 0 Å². The number of anilines is 2. The molecule has 1 aliphatic heterocycles. The van der Waals surface area contributed by atoms with E-state index in [1.807, 2.05) is 4.90 Å². The summed E-state index contributed by atoms with van der Waals surface area (Å²) < 4.78 is 5.32. The van der Waals surface area contributed by atoms with Crippen LogP contribution in [0.1, 0.15) is 33.3 Å². The molecule has 130 valence electrons. The van der Waals surface area contributed by atoms with E-state index in [4.69, 9.17) is 4.74 Å². The first-order chi connectivity index (χ1) is 12.0. The highest BCUT2D eigenvalue weighted by atomic mass is 16.5. The van der Waals surface area contributed by atoms with Crippen LogP contribution in [0.3, 0.4) is 0 Å². The van der Waals surface area contributed by atoms with Gasteiger partial charge in [-0.15, -0.1) is 0 Å². The van der Waals surface area contributed by atoms with E-state index in [0.717, 1.165) is 13.1 Å². The number of carbonyl (C=O) groups is 2. The monoisotopic (exact) mass is 340 g/mol. The van der Waals surface area contributed by atoms with E-state index >= 15 is 0 Å². The summed E-state index contributed by atoms with van der Waals surface area (Å²) in [6.45, 7) is 6.05. The van der Waals surface area contributed by atoms with E-state index in [0.29, 0.717) is 41.7 Å². The molecule has 0 bridgehead atoms. The Morgan fingerprint density at radius 2 is 2.00 bits per heavy atom. The lowest BCUT2D eigenvalue weighted by Gasteiger charge is -2.27. The first-order valence-electron chi connectivity index (χ1n) is 8.13. The van der Waals surface area contributed by atoms with Crippen LogP contribution in [0.25, 0.3) is 0 Å². The fourth-order valence-electron chi connectivity index (χ4n) is 2.61. The van der Waals surface area contributed by atoms with Gasteiger partial charge in [-0.25, -0.2) is 9.97 Å². The van der Waals surface area contributed by atoms with Gasteiger partial charge in [-0.3, -0.25) is 9.59 Å². The van der Waals surface area contributed by atoms with Gasteiger partial charge in [0.25, 0.3) is 5.91 Å². The Morgan fingerprint density at radius 3 is 2.68 bits per heavy atom. The molecule has 0 unspecified atom stereocenters. The van der Waals surface area contributed by atoms with Crippen molar-refractivity contribution in [3.63, 3.8) is 0 Å². The maximum Gasteiger partial charge on any atom is 0.259 e. The molecular weight excluding hydrogens is 320 g/mol. The molecule has 7 nitrogen and oxygen atoms in total. The van der Waals surface area contributed by atoms with Gasteiger partial charge in [0.15, 0.2) is 5.78 Å². The molecule has 3 rings (SSSR count). The molecule has 7 heteroatoms. The highest BCUT2D eigenvalue weighted by molar-refractivity contribution is 6.05. The molecule has 0 radical (unpaired) electrons. The summed E-state index contributed by atoms with van der Waals surface area (Å²) in [6.07, 6.45) is 1.54. The molecular formula is C18H20N4O3. The quantitative estimate of drug-likeness (QED) is 0.858. The van der Waals surface area contributed by atoms with Crippen LogP contribution in [0.15, 0.2) is 30.5 Å². The minimum Gasteiger partial charge on any atom is -0.378 e. The van der Waals surface area contributed by atoms with Crippen LogP contribution in [0.4, 0.5) is 11.6 Å². The maximum atomic E-state index is 12.5. The third-order valence-electron chi connectivity index (χ3n) is 4.03. The van der Waals surface area contributed by atoms with Crippen molar-refractivity contribution in [3.8, 4) is 0 Å². The number of aryl methyl sites for hydroxylation is 1. The smallest absolute Gasteiger partial charge is 0.259 e. The number of carbonyl (C=O) groups excluding carboxylic acids is 2. The van der Waals surface area contributed by atoms with E-state index in [-0.39, 0.29) is 11.7 Å². The normalized spacial score (nSPS) is 14.2. The largest absolute Gasteiger partial charge is 0.378 e. The molecule has 1 aromatic heterocycles. The summed E-state index contributed by atoms with van der Waals surface area (Å²) in [6, 6.07) is 6.84. The number of amides is 1. The molecule has 1 fully saturated rings. The van der Waals surface area contributed by atoms with Crippen LogP contribution >= 0.6 is 0 Å². The van der Waals surface area contributed by atoms with Gasteiger partial charge in [0, 0.05) is 30.5 Å². The number of aromatic nitrogens is 2. The van der Waals surface area contributed by atoms with E-state index in [1.54, 1.807) is 31.2 Å². The summed E-state index contributed by atoms with van der Waals surface area (Å²) in [5.41, 5.74) is 2.13. The van der Waals surface area contributed by atoms with Crippen molar-refractivity contribution in [2.75, 3.05) is 36.5 Å². The highest BCUT2D eigenvalue weighted by Gasteiger charge is 2.17. The Kier molecular flexibility index (Phi) is 5.04. The fraction of sp³-hybridized carbons (Fsp3) is 0.333. The second-order valence-corrected chi connectivity index (χ2v) is 5.86. The lowest BCUT2D eigenvalue weighted by atomic mass is 10.1. The second kappa shape index (κ2) is 7.40. The standard InChI is InChI=1S/C18H20N4O3/c1-12-16(11-19-18(20-12)22-6-8-25-9-7-22)17(24)21-15-5-3-4-14(10-15)13(2)23/h3-5,10-11H,6-9H2,1-2H3,(H,21,24). The van der Waals surface area contributed by atoms with Crippen molar-refractivity contribution in [2.45, 2.75) is 13.8 Å². The Balaban J connectivity index is 1.76. The summed E-state index contributed by atoms with van der Waals surface area (Å²) in [4.78, 5) is 34.7. The SMILES string of the molecule is CC(=O)c1cccc(NC(=O)c2cnc(N3CCOCC3)nc2C)c1. The summed E-state index contributed by atoms with van der Waals surface area (Å²) in [5.74, 6) is 0.258. The third kappa shape index (κ3) is 4.00. The molecule has 25 heavy (non-hydrogen) atoms. The van der Waals surface area contributed by atoms with Crippen LogP contribution in [-0.4, -0.2) is 48.0 Å². The Morgan fingerprint density at radius 1 is 1.24 bits per heavy atom. The lowest BCUT2D eigenvalue weighted by Crippen LogP contribution is -2.37. The Hall–Kier alpha value is -2.80. The molecule has 0 saturated carbocycles. The molecule has 0 aliphatic carbocycles. The van der Waals surface area contributed by atoms with Gasteiger partial charge in [-0.05, 0) is 26.0 Å². The summed E-state index contributed by atoms with van der Waals surface area (Å²) in [7, 11) is 0. The van der Waals surface area contributed by atoms with Crippen molar-refractivity contribution >= 4 is 23.3 Å². The van der Waals surface area contributed by atoms with Gasteiger partial charge in [0.1, 0.15) is 0 Å².